The maximum atomic E-state index is 13.7. The van der Waals surface area contributed by atoms with E-state index in [9.17, 15) is 8.42 Å². The first-order valence-electron chi connectivity index (χ1n) is 10.3. The molecule has 0 N–H and O–H groups in total. The van der Waals surface area contributed by atoms with Crippen molar-refractivity contribution in [3.05, 3.63) is 126 Å². The van der Waals surface area contributed by atoms with Crippen molar-refractivity contribution < 1.29 is 8.42 Å². The fraction of sp³-hybridized carbons (Fsp3) is 0. The van der Waals surface area contributed by atoms with Gasteiger partial charge in [0.2, 0.25) is 9.84 Å². The van der Waals surface area contributed by atoms with E-state index in [1.54, 1.807) is 17.5 Å². The molecule has 0 aliphatic carbocycles. The van der Waals surface area contributed by atoms with E-state index >= 15 is 0 Å². The van der Waals surface area contributed by atoms with Gasteiger partial charge in [0.25, 0.3) is 0 Å². The van der Waals surface area contributed by atoms with Crippen molar-refractivity contribution in [3.8, 4) is 0 Å². The van der Waals surface area contributed by atoms with Crippen molar-refractivity contribution in [2.45, 2.75) is 9.79 Å². The second-order valence-electron chi connectivity index (χ2n) is 7.49. The highest BCUT2D eigenvalue weighted by molar-refractivity contribution is 8.05. The van der Waals surface area contributed by atoms with Gasteiger partial charge in [0.15, 0.2) is 0 Å². The molecule has 0 aromatic heterocycles. The number of fused-ring (bicyclic) bond motifs is 2. The Labute approximate surface area is 192 Å². The van der Waals surface area contributed by atoms with Gasteiger partial charge in [0, 0.05) is 4.90 Å². The summed E-state index contributed by atoms with van der Waals surface area (Å²) >= 11 is 1.42. The van der Waals surface area contributed by atoms with Gasteiger partial charge in [-0.2, -0.15) is 0 Å². The number of thioether (sulfide) groups is 1. The van der Waals surface area contributed by atoms with Crippen molar-refractivity contribution in [2.75, 3.05) is 0 Å². The van der Waals surface area contributed by atoms with Crippen molar-refractivity contribution in [2.24, 2.45) is 0 Å². The second-order valence-corrected chi connectivity index (χ2v) is 10.3. The van der Waals surface area contributed by atoms with Gasteiger partial charge in [-0.05, 0) is 56.8 Å². The van der Waals surface area contributed by atoms with E-state index in [4.69, 9.17) is 0 Å². The van der Waals surface area contributed by atoms with Crippen LogP contribution in [0.2, 0.25) is 0 Å². The van der Waals surface area contributed by atoms with Crippen LogP contribution in [0.4, 0.5) is 0 Å². The summed E-state index contributed by atoms with van der Waals surface area (Å²) in [7, 11) is -3.72. The molecule has 2 nitrogen and oxygen atoms in total. The molecule has 5 rings (SSSR count). The van der Waals surface area contributed by atoms with E-state index in [0.29, 0.717) is 15.4 Å². The molecule has 0 unspecified atom stereocenters. The Bertz CT molecular complexity index is 1550. The molecule has 32 heavy (non-hydrogen) atoms. The van der Waals surface area contributed by atoms with Crippen LogP contribution in [0.1, 0.15) is 5.56 Å². The molecule has 0 aliphatic heterocycles. The van der Waals surface area contributed by atoms with Crippen molar-refractivity contribution in [3.63, 3.8) is 0 Å². The summed E-state index contributed by atoms with van der Waals surface area (Å²) in [5.74, 6) is 0. The quantitative estimate of drug-likeness (QED) is 0.258. The smallest absolute Gasteiger partial charge is 0.207 e. The van der Waals surface area contributed by atoms with Crippen LogP contribution in [0.5, 0.6) is 0 Å². The molecule has 0 atom stereocenters. The highest BCUT2D eigenvalue weighted by Crippen LogP contribution is 2.34. The SMILES string of the molecule is O=S(=O)(/C(=C/Sc1ccc2ccccc2c1)c1ccccc1)c1ccc2ccccc2c1. The van der Waals surface area contributed by atoms with E-state index in [1.807, 2.05) is 78.9 Å². The van der Waals surface area contributed by atoms with Crippen molar-refractivity contribution >= 4 is 48.0 Å². The number of sulfone groups is 1. The first kappa shape index (κ1) is 20.6. The summed E-state index contributed by atoms with van der Waals surface area (Å²) in [5.41, 5.74) is 0.675. The maximum absolute atomic E-state index is 13.7. The summed E-state index contributed by atoms with van der Waals surface area (Å²) < 4.78 is 27.5. The minimum Gasteiger partial charge on any atom is -0.218 e. The molecule has 0 spiro atoms. The van der Waals surface area contributed by atoms with Crippen LogP contribution in [0.25, 0.3) is 26.5 Å². The van der Waals surface area contributed by atoms with Crippen molar-refractivity contribution in [1.82, 2.24) is 0 Å². The number of hydrogen-bond donors (Lipinski definition) is 0. The molecule has 0 heterocycles. The molecule has 0 amide bonds. The third-order valence-electron chi connectivity index (χ3n) is 5.40. The van der Waals surface area contributed by atoms with Gasteiger partial charge in [-0.15, -0.1) is 0 Å². The number of rotatable bonds is 5. The Morgan fingerprint density at radius 1 is 0.594 bits per heavy atom. The van der Waals surface area contributed by atoms with Crippen LogP contribution in [0.3, 0.4) is 0 Å². The highest BCUT2D eigenvalue weighted by atomic mass is 32.2. The average Bonchev–Trinajstić information content (AvgIpc) is 2.84. The maximum Gasteiger partial charge on any atom is 0.207 e. The summed E-state index contributed by atoms with van der Waals surface area (Å²) in [4.78, 5) is 1.59. The lowest BCUT2D eigenvalue weighted by atomic mass is 10.1. The molecule has 0 saturated carbocycles. The zero-order valence-corrected chi connectivity index (χ0v) is 18.8. The van der Waals surface area contributed by atoms with E-state index < -0.39 is 9.84 Å². The van der Waals surface area contributed by atoms with Crippen molar-refractivity contribution in [1.29, 1.82) is 0 Å². The molecule has 0 fully saturated rings. The highest BCUT2D eigenvalue weighted by Gasteiger charge is 2.23. The van der Waals surface area contributed by atoms with Crippen LogP contribution in [0.15, 0.2) is 130 Å². The molecule has 156 valence electrons. The summed E-state index contributed by atoms with van der Waals surface area (Å²) in [6.45, 7) is 0. The van der Waals surface area contributed by atoms with Crippen LogP contribution >= 0.6 is 11.8 Å². The molecular weight excluding hydrogens is 432 g/mol. The van der Waals surface area contributed by atoms with Crippen LogP contribution in [-0.2, 0) is 9.84 Å². The van der Waals surface area contributed by atoms with E-state index in [0.717, 1.165) is 26.4 Å². The Morgan fingerprint density at radius 2 is 1.16 bits per heavy atom. The predicted octanol–water partition coefficient (Wildman–Crippen LogP) is 7.56. The molecule has 0 aliphatic rings. The van der Waals surface area contributed by atoms with E-state index in [1.165, 1.54) is 11.8 Å². The first-order valence-corrected chi connectivity index (χ1v) is 12.6. The topological polar surface area (TPSA) is 34.1 Å². The Kier molecular flexibility index (Phi) is 5.56. The zero-order chi connectivity index (χ0) is 22.0. The second kappa shape index (κ2) is 8.65. The first-order chi connectivity index (χ1) is 15.6. The van der Waals surface area contributed by atoms with Gasteiger partial charge in [-0.1, -0.05) is 103 Å². The molecule has 5 aromatic carbocycles. The molecule has 0 saturated heterocycles. The Hall–Kier alpha value is -3.34. The largest absolute Gasteiger partial charge is 0.218 e. The lowest BCUT2D eigenvalue weighted by Gasteiger charge is -2.11. The minimum atomic E-state index is -3.72. The van der Waals surface area contributed by atoms with Gasteiger partial charge in [-0.3, -0.25) is 0 Å². The van der Waals surface area contributed by atoms with E-state index in [-0.39, 0.29) is 0 Å². The average molecular weight is 453 g/mol. The van der Waals surface area contributed by atoms with Crippen LogP contribution in [0, 0.1) is 0 Å². The fourth-order valence-electron chi connectivity index (χ4n) is 3.71. The van der Waals surface area contributed by atoms with Gasteiger partial charge in [0.05, 0.1) is 9.80 Å². The molecule has 4 heteroatoms. The predicted molar refractivity (Wildman–Crippen MR) is 135 cm³/mol. The molecule has 0 radical (unpaired) electrons. The third kappa shape index (κ3) is 4.07. The molecule has 0 bridgehead atoms. The standard InChI is InChI=1S/C28H20O2S2/c29-32(30,27-17-15-22-9-5-7-13-25(22)19-27)28(23-10-2-1-3-11-23)20-31-26-16-14-21-8-4-6-12-24(21)18-26/h1-20H/b28-20+. The summed E-state index contributed by atoms with van der Waals surface area (Å²) in [6, 6.07) is 36.7. The lowest BCUT2D eigenvalue weighted by molar-refractivity contribution is 0.606. The number of benzene rings is 5. The molecular formula is C28H20O2S2. The third-order valence-corrected chi connectivity index (χ3v) is 8.24. The molecule has 5 aromatic rings. The summed E-state index contributed by atoms with van der Waals surface area (Å²) in [5, 5.41) is 5.96. The van der Waals surface area contributed by atoms with Gasteiger partial charge < -0.3 is 0 Å². The monoisotopic (exact) mass is 452 g/mol. The normalized spacial score (nSPS) is 12.3. The Balaban J connectivity index is 1.59. The minimum absolute atomic E-state index is 0.297. The zero-order valence-electron chi connectivity index (χ0n) is 17.2. The van der Waals surface area contributed by atoms with Gasteiger partial charge in [0.1, 0.15) is 0 Å². The van der Waals surface area contributed by atoms with Gasteiger partial charge >= 0.3 is 0 Å². The van der Waals surface area contributed by atoms with Gasteiger partial charge in [-0.25, -0.2) is 8.42 Å². The number of hydrogen-bond acceptors (Lipinski definition) is 3. The van der Waals surface area contributed by atoms with Crippen LogP contribution in [-0.4, -0.2) is 8.42 Å². The van der Waals surface area contributed by atoms with Crippen LogP contribution < -0.4 is 0 Å². The Morgan fingerprint density at radius 3 is 1.84 bits per heavy atom. The van der Waals surface area contributed by atoms with E-state index in [2.05, 4.69) is 24.3 Å². The summed E-state index contributed by atoms with van der Waals surface area (Å²) in [6.07, 6.45) is 0. The lowest BCUT2D eigenvalue weighted by Crippen LogP contribution is -2.04. The fourth-order valence-corrected chi connectivity index (χ4v) is 6.31.